The van der Waals surface area contributed by atoms with E-state index in [0.29, 0.717) is 12.4 Å². The molecule has 0 saturated heterocycles. The van der Waals surface area contributed by atoms with Gasteiger partial charge in [0.2, 0.25) is 0 Å². The van der Waals surface area contributed by atoms with E-state index in [1.807, 2.05) is 19.1 Å². The zero-order valence-corrected chi connectivity index (χ0v) is 10.1. The summed E-state index contributed by atoms with van der Waals surface area (Å²) in [5.74, 6) is 0.669. The number of rotatable bonds is 3. The van der Waals surface area contributed by atoms with Gasteiger partial charge in [-0.3, -0.25) is 4.98 Å². The first kappa shape index (κ1) is 11.7. The maximum Gasteiger partial charge on any atom is 0.178 e. The van der Waals surface area contributed by atoms with E-state index in [4.69, 9.17) is 5.73 Å². The van der Waals surface area contributed by atoms with Gasteiger partial charge >= 0.3 is 0 Å². The molecule has 0 saturated carbocycles. The van der Waals surface area contributed by atoms with Crippen molar-refractivity contribution in [3.8, 4) is 11.5 Å². The van der Waals surface area contributed by atoms with Gasteiger partial charge in [0.25, 0.3) is 0 Å². The van der Waals surface area contributed by atoms with E-state index in [1.165, 1.54) is 0 Å². The Morgan fingerprint density at radius 2 is 2.12 bits per heavy atom. The van der Waals surface area contributed by atoms with Gasteiger partial charge in [-0.1, -0.05) is 6.92 Å². The zero-order chi connectivity index (χ0) is 12.3. The van der Waals surface area contributed by atoms with Crippen LogP contribution in [-0.2, 0) is 13.0 Å². The van der Waals surface area contributed by atoms with E-state index in [9.17, 15) is 0 Å². The number of aromatic nitrogens is 3. The molecule has 0 bridgehead atoms. The molecule has 2 aromatic heterocycles. The minimum atomic E-state index is 0.477. The minimum Gasteiger partial charge on any atom is -0.326 e. The Balaban J connectivity index is 2.46. The van der Waals surface area contributed by atoms with Crippen molar-refractivity contribution >= 4 is 0 Å². The van der Waals surface area contributed by atoms with Crippen LogP contribution in [0, 0.1) is 6.92 Å². The number of pyridine rings is 1. The summed E-state index contributed by atoms with van der Waals surface area (Å²) in [6, 6.07) is 3.94. The summed E-state index contributed by atoms with van der Waals surface area (Å²) in [4.78, 5) is 13.1. The van der Waals surface area contributed by atoms with Gasteiger partial charge in [0.15, 0.2) is 5.82 Å². The van der Waals surface area contributed by atoms with Crippen molar-refractivity contribution in [1.82, 2.24) is 15.0 Å². The second-order valence-corrected chi connectivity index (χ2v) is 3.94. The third kappa shape index (κ3) is 2.47. The van der Waals surface area contributed by atoms with E-state index in [0.717, 1.165) is 28.9 Å². The highest BCUT2D eigenvalue weighted by atomic mass is 14.9. The normalized spacial score (nSPS) is 10.5. The number of aryl methyl sites for hydroxylation is 2. The summed E-state index contributed by atoms with van der Waals surface area (Å²) in [6.07, 6.45) is 4.43. The van der Waals surface area contributed by atoms with Crippen LogP contribution in [-0.4, -0.2) is 15.0 Å². The van der Waals surface area contributed by atoms with Gasteiger partial charge in [0.05, 0.1) is 0 Å². The fraction of sp³-hybridized carbons (Fsp3) is 0.308. The first-order valence-corrected chi connectivity index (χ1v) is 5.72. The van der Waals surface area contributed by atoms with Crippen LogP contribution < -0.4 is 5.73 Å². The van der Waals surface area contributed by atoms with Gasteiger partial charge in [-0.15, -0.1) is 0 Å². The van der Waals surface area contributed by atoms with Gasteiger partial charge in [0, 0.05) is 30.2 Å². The fourth-order valence-corrected chi connectivity index (χ4v) is 1.70. The molecule has 0 aromatic carbocycles. The number of nitrogens with zero attached hydrogens (tertiary/aromatic N) is 3. The molecular formula is C13H16N4. The summed E-state index contributed by atoms with van der Waals surface area (Å²) in [7, 11) is 0. The molecular weight excluding hydrogens is 212 g/mol. The third-order valence-corrected chi connectivity index (χ3v) is 2.65. The molecule has 2 aromatic rings. The Kier molecular flexibility index (Phi) is 3.44. The SMILES string of the molecule is CCc1nc(-c2cc(C)ccn2)ncc1CN. The van der Waals surface area contributed by atoms with Gasteiger partial charge in [-0.25, -0.2) is 9.97 Å². The highest BCUT2D eigenvalue weighted by Crippen LogP contribution is 2.15. The molecule has 0 aliphatic heterocycles. The van der Waals surface area contributed by atoms with Gasteiger partial charge in [0.1, 0.15) is 5.69 Å². The topological polar surface area (TPSA) is 64.7 Å². The van der Waals surface area contributed by atoms with Crippen LogP contribution in [0.4, 0.5) is 0 Å². The second kappa shape index (κ2) is 5.01. The van der Waals surface area contributed by atoms with E-state index < -0.39 is 0 Å². The average Bonchev–Trinajstić information content (AvgIpc) is 2.38. The lowest BCUT2D eigenvalue weighted by atomic mass is 10.2. The molecule has 0 radical (unpaired) electrons. The number of hydrogen-bond acceptors (Lipinski definition) is 4. The smallest absolute Gasteiger partial charge is 0.178 e. The molecule has 4 heteroatoms. The quantitative estimate of drug-likeness (QED) is 0.871. The standard InChI is InChI=1S/C13H16N4/c1-3-11-10(7-14)8-16-13(17-11)12-6-9(2)4-5-15-12/h4-6,8H,3,7,14H2,1-2H3. The van der Waals surface area contributed by atoms with Crippen molar-refractivity contribution in [3.05, 3.63) is 41.3 Å². The summed E-state index contributed by atoms with van der Waals surface area (Å²) in [6.45, 7) is 4.57. The van der Waals surface area contributed by atoms with Crippen LogP contribution in [0.5, 0.6) is 0 Å². The van der Waals surface area contributed by atoms with Crippen LogP contribution in [0.1, 0.15) is 23.7 Å². The van der Waals surface area contributed by atoms with Crippen LogP contribution in [0.2, 0.25) is 0 Å². The molecule has 0 atom stereocenters. The van der Waals surface area contributed by atoms with Crippen LogP contribution >= 0.6 is 0 Å². The number of hydrogen-bond donors (Lipinski definition) is 1. The maximum absolute atomic E-state index is 5.64. The average molecular weight is 228 g/mol. The van der Waals surface area contributed by atoms with Crippen LogP contribution in [0.15, 0.2) is 24.5 Å². The van der Waals surface area contributed by atoms with Crippen molar-refractivity contribution in [1.29, 1.82) is 0 Å². The highest BCUT2D eigenvalue weighted by Gasteiger charge is 2.07. The molecule has 2 heterocycles. The van der Waals surface area contributed by atoms with Crippen molar-refractivity contribution in [2.75, 3.05) is 0 Å². The summed E-state index contributed by atoms with van der Waals surface area (Å²) in [5.41, 5.74) is 9.61. The highest BCUT2D eigenvalue weighted by molar-refractivity contribution is 5.50. The van der Waals surface area contributed by atoms with Crippen LogP contribution in [0.25, 0.3) is 11.5 Å². The van der Waals surface area contributed by atoms with Gasteiger partial charge in [-0.2, -0.15) is 0 Å². The predicted octanol–water partition coefficient (Wildman–Crippen LogP) is 1.87. The Bertz CT molecular complexity index is 523. The first-order valence-electron chi connectivity index (χ1n) is 5.72. The lowest BCUT2D eigenvalue weighted by Crippen LogP contribution is -2.06. The van der Waals surface area contributed by atoms with Crippen LogP contribution in [0.3, 0.4) is 0 Å². The van der Waals surface area contributed by atoms with E-state index in [2.05, 4.69) is 21.9 Å². The Labute approximate surface area is 101 Å². The third-order valence-electron chi connectivity index (χ3n) is 2.65. The summed E-state index contributed by atoms with van der Waals surface area (Å²) < 4.78 is 0. The van der Waals surface area contributed by atoms with Crippen molar-refractivity contribution in [2.24, 2.45) is 5.73 Å². The molecule has 0 unspecified atom stereocenters. The molecule has 0 amide bonds. The lowest BCUT2D eigenvalue weighted by Gasteiger charge is -2.06. The van der Waals surface area contributed by atoms with Crippen molar-refractivity contribution in [2.45, 2.75) is 26.8 Å². The van der Waals surface area contributed by atoms with Crippen molar-refractivity contribution in [3.63, 3.8) is 0 Å². The molecule has 2 N–H and O–H groups in total. The monoisotopic (exact) mass is 228 g/mol. The lowest BCUT2D eigenvalue weighted by molar-refractivity contribution is 0.915. The van der Waals surface area contributed by atoms with E-state index in [1.54, 1.807) is 12.4 Å². The zero-order valence-electron chi connectivity index (χ0n) is 10.1. The van der Waals surface area contributed by atoms with E-state index >= 15 is 0 Å². The minimum absolute atomic E-state index is 0.477. The largest absolute Gasteiger partial charge is 0.326 e. The molecule has 0 aliphatic carbocycles. The molecule has 0 spiro atoms. The summed E-state index contributed by atoms with van der Waals surface area (Å²) in [5, 5.41) is 0. The fourth-order valence-electron chi connectivity index (χ4n) is 1.70. The maximum atomic E-state index is 5.64. The Hall–Kier alpha value is -1.81. The van der Waals surface area contributed by atoms with Crippen molar-refractivity contribution < 1.29 is 0 Å². The van der Waals surface area contributed by atoms with E-state index in [-0.39, 0.29) is 0 Å². The Morgan fingerprint density at radius 3 is 2.76 bits per heavy atom. The summed E-state index contributed by atoms with van der Waals surface area (Å²) >= 11 is 0. The molecule has 4 nitrogen and oxygen atoms in total. The molecule has 17 heavy (non-hydrogen) atoms. The number of nitrogens with two attached hydrogens (primary N) is 1. The molecule has 0 fully saturated rings. The molecule has 88 valence electrons. The predicted molar refractivity (Wildman–Crippen MR) is 67.3 cm³/mol. The molecule has 0 aliphatic rings. The second-order valence-electron chi connectivity index (χ2n) is 3.94. The van der Waals surface area contributed by atoms with Gasteiger partial charge in [-0.05, 0) is 31.0 Å². The first-order chi connectivity index (χ1) is 8.24. The van der Waals surface area contributed by atoms with Gasteiger partial charge < -0.3 is 5.73 Å². The molecule has 2 rings (SSSR count). The Morgan fingerprint density at radius 1 is 1.29 bits per heavy atom.